The summed E-state index contributed by atoms with van der Waals surface area (Å²) in [5, 5.41) is 15.9. The zero-order chi connectivity index (χ0) is 16.8. The average Bonchev–Trinajstić information content (AvgIpc) is 3.27. The first-order valence-electron chi connectivity index (χ1n) is 8.37. The van der Waals surface area contributed by atoms with Crippen LogP contribution >= 0.6 is 23.5 Å². The summed E-state index contributed by atoms with van der Waals surface area (Å²) in [6.45, 7) is 0.618. The third-order valence-corrected chi connectivity index (χ3v) is 6.99. The molecule has 3 aliphatic heterocycles. The number of ether oxygens (including phenoxy) is 1. The van der Waals surface area contributed by atoms with Crippen molar-refractivity contribution < 1.29 is 9.84 Å². The van der Waals surface area contributed by atoms with E-state index in [9.17, 15) is 5.11 Å². The first kappa shape index (κ1) is 15.6. The van der Waals surface area contributed by atoms with Gasteiger partial charge in [-0.25, -0.2) is 0 Å². The lowest BCUT2D eigenvalue weighted by atomic mass is 10.1. The van der Waals surface area contributed by atoms with Crippen LogP contribution in [0.5, 0.6) is 0 Å². The number of aliphatic hydroxyl groups is 1. The highest BCUT2D eigenvalue weighted by atomic mass is 32.2. The monoisotopic (exact) mass is 370 g/mol. The smallest absolute Gasteiger partial charge is 0.175 e. The molecule has 4 nitrogen and oxygen atoms in total. The Balaban J connectivity index is 1.44. The molecule has 5 rings (SSSR count). The van der Waals surface area contributed by atoms with Crippen molar-refractivity contribution >= 4 is 34.9 Å². The summed E-state index contributed by atoms with van der Waals surface area (Å²) >= 11 is 3.57. The molecule has 3 atom stereocenters. The number of hydrogen-bond donors (Lipinski definition) is 2. The number of nitrogens with one attached hydrogen (secondary N) is 1. The number of anilines is 2. The molecule has 2 aromatic carbocycles. The summed E-state index contributed by atoms with van der Waals surface area (Å²) in [7, 11) is 0. The predicted octanol–water partition coefficient (Wildman–Crippen LogP) is 4.52. The molecule has 25 heavy (non-hydrogen) atoms. The van der Waals surface area contributed by atoms with Crippen LogP contribution in [0.2, 0.25) is 0 Å². The fourth-order valence-electron chi connectivity index (χ4n) is 3.53. The third-order valence-electron chi connectivity index (χ3n) is 4.79. The largest absolute Gasteiger partial charge is 0.366 e. The molecule has 0 amide bonds. The van der Waals surface area contributed by atoms with Crippen LogP contribution in [0, 0.1) is 0 Å². The molecule has 0 spiro atoms. The summed E-state index contributed by atoms with van der Waals surface area (Å²) in [5.41, 5.74) is 3.54. The molecule has 2 N–H and O–H groups in total. The minimum Gasteiger partial charge on any atom is -0.366 e. The molecule has 128 valence electrons. The van der Waals surface area contributed by atoms with Crippen molar-refractivity contribution in [3.63, 3.8) is 0 Å². The van der Waals surface area contributed by atoms with E-state index < -0.39 is 6.29 Å². The van der Waals surface area contributed by atoms with Gasteiger partial charge in [-0.3, -0.25) is 0 Å². The Morgan fingerprint density at radius 3 is 2.88 bits per heavy atom. The molecule has 6 heteroatoms. The van der Waals surface area contributed by atoms with Crippen LogP contribution < -0.4 is 5.32 Å². The highest BCUT2D eigenvalue weighted by Gasteiger charge is 2.36. The topological polar surface area (TPSA) is 44.7 Å². The van der Waals surface area contributed by atoms with E-state index in [4.69, 9.17) is 4.74 Å². The van der Waals surface area contributed by atoms with Gasteiger partial charge in [-0.2, -0.15) is 0 Å². The number of aliphatic hydroxyl groups excluding tert-OH is 1. The van der Waals surface area contributed by atoms with Crippen LogP contribution in [-0.4, -0.2) is 28.9 Å². The third kappa shape index (κ3) is 2.73. The van der Waals surface area contributed by atoms with Gasteiger partial charge in [0.1, 0.15) is 5.37 Å². The fourth-order valence-corrected chi connectivity index (χ4v) is 5.53. The summed E-state index contributed by atoms with van der Waals surface area (Å²) in [6, 6.07) is 15.0. The minimum absolute atomic E-state index is 0.0235. The second kappa shape index (κ2) is 6.29. The zero-order valence-electron chi connectivity index (χ0n) is 13.5. The number of thioether (sulfide) groups is 1. The van der Waals surface area contributed by atoms with Gasteiger partial charge in [0, 0.05) is 16.0 Å². The van der Waals surface area contributed by atoms with Crippen molar-refractivity contribution in [1.29, 1.82) is 0 Å². The van der Waals surface area contributed by atoms with Crippen LogP contribution in [0.25, 0.3) is 0 Å². The Bertz CT molecular complexity index is 842. The molecular formula is C19H18N2O2S2. The normalized spacial score (nSPS) is 27.1. The highest BCUT2D eigenvalue weighted by molar-refractivity contribution is 8.02. The highest BCUT2D eigenvalue weighted by Crippen LogP contribution is 2.47. The molecule has 0 bridgehead atoms. The maximum atomic E-state index is 10.1. The summed E-state index contributed by atoms with van der Waals surface area (Å²) in [6.07, 6.45) is 2.23. The van der Waals surface area contributed by atoms with Crippen molar-refractivity contribution in [1.82, 2.24) is 4.90 Å². The lowest BCUT2D eigenvalue weighted by molar-refractivity contribution is -0.0879. The summed E-state index contributed by atoms with van der Waals surface area (Å²) in [4.78, 5) is 4.73. The van der Waals surface area contributed by atoms with Gasteiger partial charge >= 0.3 is 0 Å². The Morgan fingerprint density at radius 2 is 2.00 bits per heavy atom. The van der Waals surface area contributed by atoms with Crippen molar-refractivity contribution in [3.05, 3.63) is 59.6 Å². The van der Waals surface area contributed by atoms with E-state index in [1.807, 2.05) is 0 Å². The fraction of sp³-hybridized carbons (Fsp3) is 0.263. The maximum absolute atomic E-state index is 10.1. The molecule has 1 fully saturated rings. The number of para-hydroxylation sites is 1. The van der Waals surface area contributed by atoms with Crippen molar-refractivity contribution in [3.8, 4) is 0 Å². The van der Waals surface area contributed by atoms with Gasteiger partial charge in [0.15, 0.2) is 6.29 Å². The molecule has 0 radical (unpaired) electrons. The molecule has 1 saturated heterocycles. The molecule has 0 saturated carbocycles. The maximum Gasteiger partial charge on any atom is 0.175 e. The SMILES string of the molecule is OC1OCC[C@@H]1N1C=CSC1c1ccc2c(c1)Nc1ccccc1S2. The number of fused-ring (bicyclic) bond motifs is 2. The van der Waals surface area contributed by atoms with Crippen molar-refractivity contribution in [2.45, 2.75) is 33.9 Å². The molecular weight excluding hydrogens is 352 g/mol. The van der Waals surface area contributed by atoms with E-state index in [1.165, 1.54) is 15.4 Å². The van der Waals surface area contributed by atoms with Gasteiger partial charge < -0.3 is 20.1 Å². The number of benzene rings is 2. The first-order chi connectivity index (χ1) is 12.3. The molecule has 3 aliphatic rings. The van der Waals surface area contributed by atoms with Crippen LogP contribution in [0.1, 0.15) is 17.4 Å². The van der Waals surface area contributed by atoms with Crippen molar-refractivity contribution in [2.24, 2.45) is 0 Å². The Labute approximate surface area is 155 Å². The van der Waals surface area contributed by atoms with Gasteiger partial charge in [-0.15, -0.1) is 11.8 Å². The van der Waals surface area contributed by atoms with Gasteiger partial charge in [-0.1, -0.05) is 30.0 Å². The zero-order valence-corrected chi connectivity index (χ0v) is 15.1. The quantitative estimate of drug-likeness (QED) is 0.691. The summed E-state index contributed by atoms with van der Waals surface area (Å²) in [5.74, 6) is 0. The number of rotatable bonds is 2. The standard InChI is InChI=1S/C19H18N2O2S2/c22-19-15(7-9-23-19)21-8-10-24-18(21)12-5-6-17-14(11-12)20-13-3-1-2-4-16(13)25-17/h1-6,8,10-11,15,18-20,22H,7,9H2/t15-,18?,19?/m0/s1. The van der Waals surface area contributed by atoms with Crippen LogP contribution in [0.3, 0.4) is 0 Å². The lowest BCUT2D eigenvalue weighted by Crippen LogP contribution is -2.37. The summed E-state index contributed by atoms with van der Waals surface area (Å²) < 4.78 is 5.35. The Hall–Kier alpha value is -1.60. The minimum atomic E-state index is -0.705. The van der Waals surface area contributed by atoms with Crippen LogP contribution in [0.15, 0.2) is 63.9 Å². The van der Waals surface area contributed by atoms with E-state index in [-0.39, 0.29) is 11.4 Å². The van der Waals surface area contributed by atoms with E-state index >= 15 is 0 Å². The molecule has 3 heterocycles. The molecule has 0 aromatic heterocycles. The van der Waals surface area contributed by atoms with Gasteiger partial charge in [-0.05, 0) is 41.7 Å². The molecule has 2 unspecified atom stereocenters. The Kier molecular flexibility index (Phi) is 3.93. The molecule has 0 aliphatic carbocycles. The van der Waals surface area contributed by atoms with Gasteiger partial charge in [0.05, 0.1) is 24.0 Å². The predicted molar refractivity (Wildman–Crippen MR) is 102 cm³/mol. The van der Waals surface area contributed by atoms with E-state index in [1.54, 1.807) is 23.5 Å². The van der Waals surface area contributed by atoms with E-state index in [0.29, 0.717) is 6.61 Å². The number of nitrogens with zero attached hydrogens (tertiary/aromatic N) is 1. The Morgan fingerprint density at radius 1 is 1.12 bits per heavy atom. The number of hydrogen-bond acceptors (Lipinski definition) is 6. The van der Waals surface area contributed by atoms with Gasteiger partial charge in [0.2, 0.25) is 0 Å². The lowest BCUT2D eigenvalue weighted by Gasteiger charge is -2.32. The van der Waals surface area contributed by atoms with Gasteiger partial charge in [0.25, 0.3) is 0 Å². The van der Waals surface area contributed by atoms with Crippen molar-refractivity contribution in [2.75, 3.05) is 11.9 Å². The second-order valence-corrected chi connectivity index (χ2v) is 8.39. The average molecular weight is 370 g/mol. The van der Waals surface area contributed by atoms with Crippen LogP contribution in [0.4, 0.5) is 11.4 Å². The van der Waals surface area contributed by atoms with E-state index in [2.05, 4.69) is 64.3 Å². The van der Waals surface area contributed by atoms with Crippen LogP contribution in [-0.2, 0) is 4.74 Å². The first-order valence-corrected chi connectivity index (χ1v) is 10.1. The second-order valence-electron chi connectivity index (χ2n) is 6.32. The van der Waals surface area contributed by atoms with E-state index in [0.717, 1.165) is 17.8 Å². The molecule has 2 aromatic rings.